The number of hydrogen-bond acceptors (Lipinski definition) is 2. The number of hydrogen-bond donors (Lipinski definition) is 2. The second-order valence-electron chi connectivity index (χ2n) is 6.78. The van der Waals surface area contributed by atoms with E-state index in [9.17, 15) is 9.59 Å². The first-order chi connectivity index (χ1) is 14.1. The molecule has 0 radical (unpaired) electrons. The Labute approximate surface area is 171 Å². The number of nitrogens with zero attached hydrogens (tertiary/aromatic N) is 1. The maximum Gasteiger partial charge on any atom is 0.319 e. The molecule has 3 rings (SSSR count). The second-order valence-corrected chi connectivity index (χ2v) is 6.78. The first-order valence-electron chi connectivity index (χ1n) is 9.61. The summed E-state index contributed by atoms with van der Waals surface area (Å²) < 4.78 is 0. The average molecular weight is 387 g/mol. The first kappa shape index (κ1) is 20.1. The number of para-hydroxylation sites is 1. The van der Waals surface area contributed by atoms with E-state index < -0.39 is 0 Å². The van der Waals surface area contributed by atoms with Crippen LogP contribution in [-0.2, 0) is 17.6 Å². The van der Waals surface area contributed by atoms with Gasteiger partial charge in [0.1, 0.15) is 0 Å². The van der Waals surface area contributed by atoms with E-state index in [1.54, 1.807) is 11.9 Å². The molecule has 0 aliphatic heterocycles. The highest BCUT2D eigenvalue weighted by Crippen LogP contribution is 2.15. The summed E-state index contributed by atoms with van der Waals surface area (Å²) in [5.74, 6) is 0.00978. The third-order valence-electron chi connectivity index (χ3n) is 4.63. The molecule has 0 spiro atoms. The predicted octanol–water partition coefficient (Wildman–Crippen LogP) is 4.26. The summed E-state index contributed by atoms with van der Waals surface area (Å²) in [5, 5.41) is 5.66. The van der Waals surface area contributed by atoms with Gasteiger partial charge in [-0.1, -0.05) is 60.7 Å². The van der Waals surface area contributed by atoms with Crippen molar-refractivity contribution in [3.8, 4) is 0 Å². The highest BCUT2D eigenvalue weighted by molar-refractivity contribution is 5.94. The number of carbonyl (C=O) groups excluding carboxylic acids is 2. The van der Waals surface area contributed by atoms with E-state index in [0.29, 0.717) is 18.7 Å². The maximum atomic E-state index is 12.5. The third-order valence-corrected chi connectivity index (χ3v) is 4.63. The minimum Gasteiger partial charge on any atom is -0.338 e. The average Bonchev–Trinajstić information content (AvgIpc) is 2.76. The molecule has 0 aliphatic carbocycles. The van der Waals surface area contributed by atoms with Crippen LogP contribution in [0.5, 0.6) is 0 Å². The Balaban J connectivity index is 1.45. The van der Waals surface area contributed by atoms with Crippen molar-refractivity contribution in [1.29, 1.82) is 0 Å². The number of nitrogens with one attached hydrogen (secondary N) is 2. The molecule has 0 heterocycles. The van der Waals surface area contributed by atoms with Crippen molar-refractivity contribution >= 4 is 23.3 Å². The molecule has 0 bridgehead atoms. The number of urea groups is 1. The molecule has 0 fully saturated rings. The van der Waals surface area contributed by atoms with Crippen LogP contribution in [0, 0.1) is 0 Å². The van der Waals surface area contributed by atoms with E-state index in [-0.39, 0.29) is 11.9 Å². The van der Waals surface area contributed by atoms with Crippen molar-refractivity contribution in [3.05, 3.63) is 96.1 Å². The van der Waals surface area contributed by atoms with E-state index in [1.165, 1.54) is 5.56 Å². The Bertz CT molecular complexity index is 925. The first-order valence-corrected chi connectivity index (χ1v) is 9.61. The van der Waals surface area contributed by atoms with Crippen LogP contribution in [0.4, 0.5) is 16.2 Å². The van der Waals surface area contributed by atoms with Crippen molar-refractivity contribution in [2.24, 2.45) is 0 Å². The van der Waals surface area contributed by atoms with Gasteiger partial charge in [-0.2, -0.15) is 0 Å². The molecule has 2 N–H and O–H groups in total. The zero-order valence-electron chi connectivity index (χ0n) is 16.5. The summed E-state index contributed by atoms with van der Waals surface area (Å²) >= 11 is 0. The highest BCUT2D eigenvalue weighted by Gasteiger charge is 2.11. The van der Waals surface area contributed by atoms with E-state index in [4.69, 9.17) is 0 Å². The highest BCUT2D eigenvalue weighted by atomic mass is 16.2. The van der Waals surface area contributed by atoms with E-state index in [1.807, 2.05) is 84.9 Å². The number of amides is 3. The van der Waals surface area contributed by atoms with Crippen molar-refractivity contribution < 1.29 is 9.59 Å². The fraction of sp³-hybridized carbons (Fsp3) is 0.167. The molecule has 148 valence electrons. The van der Waals surface area contributed by atoms with Crippen LogP contribution in [0.15, 0.2) is 84.9 Å². The number of likely N-dealkylation sites (N-methyl/N-ethyl adjacent to an activating group) is 1. The minimum absolute atomic E-state index is 0.00978. The molecular formula is C24H25N3O2. The lowest BCUT2D eigenvalue weighted by Gasteiger charge is -2.17. The molecule has 0 aromatic heterocycles. The van der Waals surface area contributed by atoms with Gasteiger partial charge in [0.15, 0.2) is 0 Å². The molecule has 5 heteroatoms. The smallest absolute Gasteiger partial charge is 0.319 e. The van der Waals surface area contributed by atoms with E-state index in [2.05, 4.69) is 10.6 Å². The summed E-state index contributed by atoms with van der Waals surface area (Å²) in [7, 11) is 1.77. The summed E-state index contributed by atoms with van der Waals surface area (Å²) in [6.45, 7) is 0.564. The van der Waals surface area contributed by atoms with Crippen molar-refractivity contribution in [3.63, 3.8) is 0 Å². The van der Waals surface area contributed by atoms with Gasteiger partial charge in [0, 0.05) is 25.0 Å². The fourth-order valence-corrected chi connectivity index (χ4v) is 2.94. The van der Waals surface area contributed by atoms with Crippen LogP contribution in [0.2, 0.25) is 0 Å². The summed E-state index contributed by atoms with van der Waals surface area (Å²) in [6, 6.07) is 26.6. The molecule has 5 nitrogen and oxygen atoms in total. The maximum absolute atomic E-state index is 12.5. The van der Waals surface area contributed by atoms with Gasteiger partial charge in [0.05, 0.1) is 6.42 Å². The van der Waals surface area contributed by atoms with Gasteiger partial charge >= 0.3 is 6.03 Å². The van der Waals surface area contributed by atoms with Gasteiger partial charge < -0.3 is 15.5 Å². The Morgan fingerprint density at radius 1 is 0.793 bits per heavy atom. The quantitative estimate of drug-likeness (QED) is 0.636. The van der Waals surface area contributed by atoms with Crippen LogP contribution in [-0.4, -0.2) is 25.5 Å². The topological polar surface area (TPSA) is 61.4 Å². The Morgan fingerprint density at radius 3 is 2.07 bits per heavy atom. The molecule has 0 unspecified atom stereocenters. The van der Waals surface area contributed by atoms with Gasteiger partial charge in [-0.3, -0.25) is 4.79 Å². The second kappa shape index (κ2) is 10.1. The normalized spacial score (nSPS) is 10.2. The molecule has 3 aromatic rings. The lowest BCUT2D eigenvalue weighted by molar-refractivity contribution is -0.117. The van der Waals surface area contributed by atoms with Crippen LogP contribution >= 0.6 is 0 Å². The van der Waals surface area contributed by atoms with Crippen LogP contribution in [0.3, 0.4) is 0 Å². The summed E-state index contributed by atoms with van der Waals surface area (Å²) in [6.07, 6.45) is 1.08. The van der Waals surface area contributed by atoms with Crippen molar-refractivity contribution in [2.45, 2.75) is 12.8 Å². The molecule has 29 heavy (non-hydrogen) atoms. The monoisotopic (exact) mass is 387 g/mol. The molecule has 0 saturated carbocycles. The Hall–Kier alpha value is -3.60. The van der Waals surface area contributed by atoms with Crippen LogP contribution in [0.25, 0.3) is 0 Å². The number of anilines is 2. The molecular weight excluding hydrogens is 362 g/mol. The molecule has 0 saturated heterocycles. The van der Waals surface area contributed by atoms with Gasteiger partial charge in [0.25, 0.3) is 0 Å². The van der Waals surface area contributed by atoms with Gasteiger partial charge in [-0.15, -0.1) is 0 Å². The molecule has 0 atom stereocenters. The standard InChI is InChI=1S/C24H25N3O2/c1-27(22-10-6-3-7-11-22)23(28)18-20-12-14-21(15-13-20)26-24(29)25-17-16-19-8-4-2-5-9-19/h2-15H,16-18H2,1H3,(H2,25,26,29). The lowest BCUT2D eigenvalue weighted by Crippen LogP contribution is -2.30. The van der Waals surface area contributed by atoms with Gasteiger partial charge in [-0.25, -0.2) is 4.79 Å². The van der Waals surface area contributed by atoms with Crippen molar-refractivity contribution in [1.82, 2.24) is 5.32 Å². The zero-order chi connectivity index (χ0) is 20.5. The molecule has 3 amide bonds. The Kier molecular flexibility index (Phi) is 7.00. The summed E-state index contributed by atoms with van der Waals surface area (Å²) in [5.41, 5.74) is 3.63. The third kappa shape index (κ3) is 6.21. The van der Waals surface area contributed by atoms with Gasteiger partial charge in [0.2, 0.25) is 5.91 Å². The zero-order valence-corrected chi connectivity index (χ0v) is 16.5. The number of carbonyl (C=O) groups is 2. The van der Waals surface area contributed by atoms with Crippen LogP contribution in [0.1, 0.15) is 11.1 Å². The SMILES string of the molecule is CN(C(=O)Cc1ccc(NC(=O)NCCc2ccccc2)cc1)c1ccccc1. The molecule has 0 aliphatic rings. The fourth-order valence-electron chi connectivity index (χ4n) is 2.94. The Morgan fingerprint density at radius 2 is 1.41 bits per heavy atom. The van der Waals surface area contributed by atoms with E-state index >= 15 is 0 Å². The lowest BCUT2D eigenvalue weighted by atomic mass is 10.1. The number of rotatable bonds is 7. The van der Waals surface area contributed by atoms with Crippen LogP contribution < -0.4 is 15.5 Å². The number of benzene rings is 3. The largest absolute Gasteiger partial charge is 0.338 e. The van der Waals surface area contributed by atoms with Gasteiger partial charge in [-0.05, 0) is 41.8 Å². The van der Waals surface area contributed by atoms with E-state index in [0.717, 1.165) is 17.7 Å². The molecule has 3 aromatic carbocycles. The summed E-state index contributed by atoms with van der Waals surface area (Å²) in [4.78, 5) is 26.1. The minimum atomic E-state index is -0.242. The predicted molar refractivity (Wildman–Crippen MR) is 117 cm³/mol. The van der Waals surface area contributed by atoms with Crippen molar-refractivity contribution in [2.75, 3.05) is 23.8 Å².